The number of piperazine rings is 1. The van der Waals surface area contributed by atoms with E-state index in [1.54, 1.807) is 24.0 Å². The normalized spacial score (nSPS) is 13.8. The van der Waals surface area contributed by atoms with Crippen molar-refractivity contribution < 1.29 is 28.8 Å². The molecule has 1 amide bonds. The number of nitro groups is 1. The van der Waals surface area contributed by atoms with Crippen LogP contribution in [-0.2, 0) is 23.9 Å². The fraction of sp³-hybridized carbons (Fsp3) is 0.471. The number of non-ortho nitro benzene ring substituents is 1. The number of nitrogens with zero attached hydrogens (tertiary/aromatic N) is 3. The molecule has 0 radical (unpaired) electrons. The van der Waals surface area contributed by atoms with Crippen molar-refractivity contribution in [1.82, 2.24) is 4.90 Å². The summed E-state index contributed by atoms with van der Waals surface area (Å²) in [5, 5.41) is 10.7. The third-order valence-electron chi connectivity index (χ3n) is 4.01. The SMILES string of the molecule is CCOC(=O)CC(=O)OCC(=O)N1CCN(c2ccc([N+](=O)[O-])cc2)CC1. The summed E-state index contributed by atoms with van der Waals surface area (Å²) in [7, 11) is 0. The number of benzene rings is 1. The predicted molar refractivity (Wildman–Crippen MR) is 94.1 cm³/mol. The first-order chi connectivity index (χ1) is 12.9. The lowest BCUT2D eigenvalue weighted by Gasteiger charge is -2.36. The zero-order chi connectivity index (χ0) is 19.8. The first kappa shape index (κ1) is 20.1. The molecule has 146 valence electrons. The summed E-state index contributed by atoms with van der Waals surface area (Å²) < 4.78 is 9.44. The Balaban J connectivity index is 1.76. The van der Waals surface area contributed by atoms with Gasteiger partial charge in [-0.15, -0.1) is 0 Å². The van der Waals surface area contributed by atoms with Gasteiger partial charge >= 0.3 is 11.9 Å². The van der Waals surface area contributed by atoms with E-state index in [0.29, 0.717) is 26.2 Å². The van der Waals surface area contributed by atoms with Gasteiger partial charge in [0.05, 0.1) is 11.5 Å². The van der Waals surface area contributed by atoms with Crippen LogP contribution in [0.5, 0.6) is 0 Å². The van der Waals surface area contributed by atoms with Crippen LogP contribution in [0.15, 0.2) is 24.3 Å². The minimum Gasteiger partial charge on any atom is -0.466 e. The topological polar surface area (TPSA) is 119 Å². The lowest BCUT2D eigenvalue weighted by molar-refractivity contribution is -0.384. The molecule has 0 atom stereocenters. The summed E-state index contributed by atoms with van der Waals surface area (Å²) >= 11 is 0. The molecule has 1 aromatic rings. The van der Waals surface area contributed by atoms with Crippen molar-refractivity contribution in [2.75, 3.05) is 44.3 Å². The fourth-order valence-electron chi connectivity index (χ4n) is 2.61. The second-order valence-corrected chi connectivity index (χ2v) is 5.78. The Bertz CT molecular complexity index is 697. The Labute approximate surface area is 155 Å². The van der Waals surface area contributed by atoms with Crippen LogP contribution < -0.4 is 4.90 Å². The van der Waals surface area contributed by atoms with Gasteiger partial charge in [0.1, 0.15) is 6.42 Å². The molecule has 0 N–H and O–H groups in total. The zero-order valence-corrected chi connectivity index (χ0v) is 15.0. The van der Waals surface area contributed by atoms with Crippen molar-refractivity contribution in [1.29, 1.82) is 0 Å². The summed E-state index contributed by atoms with van der Waals surface area (Å²) in [6.07, 6.45) is -0.519. The third-order valence-corrected chi connectivity index (χ3v) is 4.01. The molecule has 0 unspecified atom stereocenters. The molecular weight excluding hydrogens is 358 g/mol. The number of ether oxygens (including phenoxy) is 2. The molecule has 1 heterocycles. The van der Waals surface area contributed by atoms with Crippen LogP contribution in [0, 0.1) is 10.1 Å². The molecule has 0 aliphatic carbocycles. The Morgan fingerprint density at radius 3 is 2.19 bits per heavy atom. The van der Waals surface area contributed by atoms with Crippen LogP contribution in [0.2, 0.25) is 0 Å². The van der Waals surface area contributed by atoms with Gasteiger partial charge in [-0.2, -0.15) is 0 Å². The highest BCUT2D eigenvalue weighted by Gasteiger charge is 2.23. The zero-order valence-electron chi connectivity index (χ0n) is 15.0. The van der Waals surface area contributed by atoms with E-state index in [0.717, 1.165) is 5.69 Å². The molecule has 0 saturated carbocycles. The number of amides is 1. The average molecular weight is 379 g/mol. The molecule has 1 aromatic carbocycles. The maximum atomic E-state index is 12.1. The van der Waals surface area contributed by atoms with Crippen LogP contribution in [0.1, 0.15) is 13.3 Å². The standard InChI is InChI=1S/C17H21N3O7/c1-2-26-16(22)11-17(23)27-12-15(21)19-9-7-18(8-10-19)13-3-5-14(6-4-13)20(24)25/h3-6H,2,7-12H2,1H3. The molecule has 0 aromatic heterocycles. The van der Waals surface area contributed by atoms with Crippen LogP contribution in [0.4, 0.5) is 11.4 Å². The smallest absolute Gasteiger partial charge is 0.317 e. The van der Waals surface area contributed by atoms with Crippen molar-refractivity contribution in [3.05, 3.63) is 34.4 Å². The molecule has 0 bridgehead atoms. The van der Waals surface area contributed by atoms with Gasteiger partial charge in [0.15, 0.2) is 6.61 Å². The molecule has 10 nitrogen and oxygen atoms in total. The molecule has 1 fully saturated rings. The largest absolute Gasteiger partial charge is 0.466 e. The Kier molecular flexibility index (Phi) is 7.09. The van der Waals surface area contributed by atoms with Gasteiger partial charge in [-0.05, 0) is 19.1 Å². The number of esters is 2. The number of nitro benzene ring substituents is 1. The minimum absolute atomic E-state index is 0.0252. The predicted octanol–water partition coefficient (Wildman–Crippen LogP) is 0.740. The molecular formula is C17H21N3O7. The number of anilines is 1. The van der Waals surface area contributed by atoms with Crippen molar-refractivity contribution in [3.63, 3.8) is 0 Å². The Morgan fingerprint density at radius 1 is 1.04 bits per heavy atom. The molecule has 27 heavy (non-hydrogen) atoms. The van der Waals surface area contributed by atoms with Crippen LogP contribution in [0.25, 0.3) is 0 Å². The van der Waals surface area contributed by atoms with Crippen LogP contribution in [-0.4, -0.2) is 67.1 Å². The van der Waals surface area contributed by atoms with E-state index in [-0.39, 0.29) is 18.2 Å². The highest BCUT2D eigenvalue weighted by atomic mass is 16.6. The molecule has 1 saturated heterocycles. The second-order valence-electron chi connectivity index (χ2n) is 5.78. The second kappa shape index (κ2) is 9.51. The maximum absolute atomic E-state index is 12.1. The van der Waals surface area contributed by atoms with Gasteiger partial charge in [0.25, 0.3) is 11.6 Å². The van der Waals surface area contributed by atoms with Gasteiger partial charge in [0, 0.05) is 44.0 Å². The molecule has 2 rings (SSSR count). The van der Waals surface area contributed by atoms with Crippen LogP contribution >= 0.6 is 0 Å². The van der Waals surface area contributed by atoms with E-state index < -0.39 is 29.9 Å². The van der Waals surface area contributed by atoms with Gasteiger partial charge in [0.2, 0.25) is 0 Å². The molecule has 1 aliphatic rings. The summed E-state index contributed by atoms with van der Waals surface area (Å²) in [6.45, 7) is 3.36. The molecule has 1 aliphatic heterocycles. The van der Waals surface area contributed by atoms with Crippen molar-refractivity contribution in [2.24, 2.45) is 0 Å². The van der Waals surface area contributed by atoms with E-state index in [4.69, 9.17) is 4.74 Å². The lowest BCUT2D eigenvalue weighted by atomic mass is 10.2. The quantitative estimate of drug-likeness (QED) is 0.294. The summed E-state index contributed by atoms with van der Waals surface area (Å²) in [6, 6.07) is 6.23. The van der Waals surface area contributed by atoms with Crippen molar-refractivity contribution in [3.8, 4) is 0 Å². The third kappa shape index (κ3) is 5.94. The number of rotatable bonds is 7. The lowest BCUT2D eigenvalue weighted by Crippen LogP contribution is -2.49. The maximum Gasteiger partial charge on any atom is 0.317 e. The number of hydrogen-bond acceptors (Lipinski definition) is 8. The van der Waals surface area contributed by atoms with E-state index in [1.165, 1.54) is 12.1 Å². The number of carbonyl (C=O) groups excluding carboxylic acids is 3. The van der Waals surface area contributed by atoms with Gasteiger partial charge in [-0.1, -0.05) is 0 Å². The highest BCUT2D eigenvalue weighted by molar-refractivity contribution is 5.92. The highest BCUT2D eigenvalue weighted by Crippen LogP contribution is 2.20. The monoisotopic (exact) mass is 379 g/mol. The van der Waals surface area contributed by atoms with Gasteiger partial charge in [-0.25, -0.2) is 0 Å². The van der Waals surface area contributed by atoms with E-state index in [9.17, 15) is 24.5 Å². The van der Waals surface area contributed by atoms with Gasteiger partial charge < -0.3 is 19.3 Å². The number of hydrogen-bond donors (Lipinski definition) is 0. The van der Waals surface area contributed by atoms with E-state index in [2.05, 4.69) is 4.74 Å². The first-order valence-corrected chi connectivity index (χ1v) is 8.49. The fourth-order valence-corrected chi connectivity index (χ4v) is 2.61. The van der Waals surface area contributed by atoms with Crippen molar-refractivity contribution >= 4 is 29.2 Å². The first-order valence-electron chi connectivity index (χ1n) is 8.49. The van der Waals surface area contributed by atoms with Crippen LogP contribution in [0.3, 0.4) is 0 Å². The number of carbonyl (C=O) groups is 3. The van der Waals surface area contributed by atoms with E-state index in [1.807, 2.05) is 4.90 Å². The summed E-state index contributed by atoms with van der Waals surface area (Å²) in [5.74, 6) is -1.83. The Morgan fingerprint density at radius 2 is 1.63 bits per heavy atom. The Hall–Kier alpha value is -3.17. The van der Waals surface area contributed by atoms with E-state index >= 15 is 0 Å². The van der Waals surface area contributed by atoms with Crippen molar-refractivity contribution in [2.45, 2.75) is 13.3 Å². The molecule has 10 heteroatoms. The van der Waals surface area contributed by atoms with Gasteiger partial charge in [-0.3, -0.25) is 24.5 Å². The minimum atomic E-state index is -0.800. The summed E-state index contributed by atoms with van der Waals surface area (Å²) in [4.78, 5) is 48.6. The summed E-state index contributed by atoms with van der Waals surface area (Å²) in [5.41, 5.74) is 0.866. The average Bonchev–Trinajstić information content (AvgIpc) is 2.66. The molecule has 0 spiro atoms.